The molecule has 0 unspecified atom stereocenters. The zero-order valence-electron chi connectivity index (χ0n) is 14.3. The van der Waals surface area contributed by atoms with Gasteiger partial charge in [-0.05, 0) is 39.3 Å². The van der Waals surface area contributed by atoms with Gasteiger partial charge in [-0.1, -0.05) is 35.3 Å². The van der Waals surface area contributed by atoms with Gasteiger partial charge in [0.25, 0.3) is 0 Å². The van der Waals surface area contributed by atoms with Crippen LogP contribution in [0.4, 0.5) is 0 Å². The van der Waals surface area contributed by atoms with Gasteiger partial charge in [0.15, 0.2) is 5.76 Å². The monoisotopic (exact) mass is 328 g/mol. The van der Waals surface area contributed by atoms with Crippen molar-refractivity contribution < 1.29 is 14.1 Å². The molecule has 0 spiro atoms. The molecule has 24 heavy (non-hydrogen) atoms. The number of esters is 1. The highest BCUT2D eigenvalue weighted by molar-refractivity contribution is 5.76. The van der Waals surface area contributed by atoms with Gasteiger partial charge in [0.2, 0.25) is 0 Å². The van der Waals surface area contributed by atoms with Crippen LogP contribution in [-0.4, -0.2) is 35.2 Å². The third-order valence-corrected chi connectivity index (χ3v) is 4.47. The number of aryl methyl sites for hydroxylation is 1. The maximum atomic E-state index is 12.2. The quantitative estimate of drug-likeness (QED) is 0.785. The summed E-state index contributed by atoms with van der Waals surface area (Å²) >= 11 is 0. The summed E-state index contributed by atoms with van der Waals surface area (Å²) in [5.74, 6) is 0.664. The average Bonchev–Trinajstić information content (AvgIpc) is 3.04. The van der Waals surface area contributed by atoms with Crippen LogP contribution < -0.4 is 0 Å². The molecule has 5 heteroatoms. The predicted molar refractivity (Wildman–Crippen MR) is 91.4 cm³/mol. The maximum absolute atomic E-state index is 12.2. The summed E-state index contributed by atoms with van der Waals surface area (Å²) in [7, 11) is 0. The van der Waals surface area contributed by atoms with Crippen molar-refractivity contribution in [3.8, 4) is 11.3 Å². The largest absolute Gasteiger partial charge is 0.465 e. The topological polar surface area (TPSA) is 55.6 Å². The Balaban J connectivity index is 1.80. The zero-order chi connectivity index (χ0) is 16.9. The standard InChI is InChI=1S/C19H24N2O3/c1-3-23-19(22)17-9-4-5-10-21(17)13-16-12-20-24-18(16)15-8-6-7-14(2)11-15/h6-8,11-12,17H,3-5,9-10,13H2,1-2H3/t17-/m1/s1. The number of carbonyl (C=O) groups is 1. The lowest BCUT2D eigenvalue weighted by Gasteiger charge is -2.33. The normalized spacial score (nSPS) is 18.5. The first kappa shape index (κ1) is 16.7. The van der Waals surface area contributed by atoms with E-state index in [9.17, 15) is 4.79 Å². The Labute approximate surface area is 142 Å². The number of nitrogens with zero attached hydrogens (tertiary/aromatic N) is 2. The number of hydrogen-bond acceptors (Lipinski definition) is 5. The van der Waals surface area contributed by atoms with Crippen molar-refractivity contribution in [3.05, 3.63) is 41.6 Å². The fraction of sp³-hybridized carbons (Fsp3) is 0.474. The Kier molecular flexibility index (Phi) is 5.30. The second kappa shape index (κ2) is 7.62. The summed E-state index contributed by atoms with van der Waals surface area (Å²) in [4.78, 5) is 14.4. The van der Waals surface area contributed by atoms with Gasteiger partial charge in [-0.15, -0.1) is 0 Å². The van der Waals surface area contributed by atoms with Crippen molar-refractivity contribution >= 4 is 5.97 Å². The van der Waals surface area contributed by atoms with Crippen LogP contribution >= 0.6 is 0 Å². The van der Waals surface area contributed by atoms with Crippen molar-refractivity contribution in [3.63, 3.8) is 0 Å². The third-order valence-electron chi connectivity index (χ3n) is 4.47. The Morgan fingerprint density at radius 3 is 3.08 bits per heavy atom. The van der Waals surface area contributed by atoms with Gasteiger partial charge < -0.3 is 9.26 Å². The number of likely N-dealkylation sites (tertiary alicyclic amines) is 1. The van der Waals surface area contributed by atoms with E-state index in [4.69, 9.17) is 9.26 Å². The van der Waals surface area contributed by atoms with E-state index in [1.54, 1.807) is 6.20 Å². The van der Waals surface area contributed by atoms with Crippen LogP contribution in [-0.2, 0) is 16.1 Å². The Morgan fingerprint density at radius 2 is 2.29 bits per heavy atom. The number of benzene rings is 1. The number of ether oxygens (including phenoxy) is 1. The fourth-order valence-electron chi connectivity index (χ4n) is 3.30. The Bertz CT molecular complexity index is 695. The number of carbonyl (C=O) groups excluding carboxylic acids is 1. The fourth-order valence-corrected chi connectivity index (χ4v) is 3.30. The molecule has 5 nitrogen and oxygen atoms in total. The van der Waals surface area contributed by atoms with Crippen molar-refractivity contribution in [2.24, 2.45) is 0 Å². The first-order valence-electron chi connectivity index (χ1n) is 8.60. The van der Waals surface area contributed by atoms with E-state index in [2.05, 4.69) is 29.1 Å². The van der Waals surface area contributed by atoms with Gasteiger partial charge in [-0.25, -0.2) is 0 Å². The second-order valence-electron chi connectivity index (χ2n) is 6.28. The SMILES string of the molecule is CCOC(=O)[C@H]1CCCCN1Cc1cnoc1-c1cccc(C)c1. The highest BCUT2D eigenvalue weighted by atomic mass is 16.5. The lowest BCUT2D eigenvalue weighted by molar-refractivity contribution is -0.151. The summed E-state index contributed by atoms with van der Waals surface area (Å²) in [5.41, 5.74) is 3.21. The molecule has 1 fully saturated rings. The Morgan fingerprint density at radius 1 is 1.42 bits per heavy atom. The molecule has 3 rings (SSSR count). The molecule has 0 amide bonds. The molecule has 1 aliphatic rings. The molecule has 1 saturated heterocycles. The van der Waals surface area contributed by atoms with E-state index in [0.29, 0.717) is 13.2 Å². The molecule has 0 radical (unpaired) electrons. The van der Waals surface area contributed by atoms with Gasteiger partial charge in [-0.2, -0.15) is 0 Å². The minimum atomic E-state index is -0.168. The molecule has 1 aliphatic heterocycles. The third kappa shape index (κ3) is 3.67. The van der Waals surface area contributed by atoms with Crippen molar-refractivity contribution in [2.75, 3.05) is 13.2 Å². The lowest BCUT2D eigenvalue weighted by atomic mass is 10.0. The van der Waals surface area contributed by atoms with E-state index in [1.165, 1.54) is 5.56 Å². The molecule has 2 heterocycles. The molecule has 1 atom stereocenters. The lowest BCUT2D eigenvalue weighted by Crippen LogP contribution is -2.44. The zero-order valence-corrected chi connectivity index (χ0v) is 14.3. The van der Waals surface area contributed by atoms with Crippen LogP contribution in [0.2, 0.25) is 0 Å². The molecule has 0 N–H and O–H groups in total. The van der Waals surface area contributed by atoms with Crippen molar-refractivity contribution in [2.45, 2.75) is 45.7 Å². The van der Waals surface area contributed by atoms with Crippen LogP contribution in [0.3, 0.4) is 0 Å². The van der Waals surface area contributed by atoms with Crippen molar-refractivity contribution in [1.29, 1.82) is 0 Å². The molecule has 128 valence electrons. The highest BCUT2D eigenvalue weighted by Crippen LogP contribution is 2.28. The molecule has 1 aromatic carbocycles. The summed E-state index contributed by atoms with van der Waals surface area (Å²) in [5, 5.41) is 3.98. The highest BCUT2D eigenvalue weighted by Gasteiger charge is 2.30. The molecule has 2 aromatic rings. The number of aromatic nitrogens is 1. The molecule has 0 bridgehead atoms. The number of hydrogen-bond donors (Lipinski definition) is 0. The molecular weight excluding hydrogens is 304 g/mol. The van der Waals surface area contributed by atoms with Crippen LogP contribution in [0.1, 0.15) is 37.3 Å². The van der Waals surface area contributed by atoms with Gasteiger partial charge in [0.05, 0.1) is 12.8 Å². The summed E-state index contributed by atoms with van der Waals surface area (Å²) in [6.07, 6.45) is 4.77. The van der Waals surface area contributed by atoms with Crippen LogP contribution in [0.25, 0.3) is 11.3 Å². The minimum Gasteiger partial charge on any atom is -0.465 e. The average molecular weight is 328 g/mol. The van der Waals surface area contributed by atoms with Crippen LogP contribution in [0.15, 0.2) is 35.0 Å². The summed E-state index contributed by atoms with van der Waals surface area (Å²) in [6, 6.07) is 8.01. The van der Waals surface area contributed by atoms with E-state index >= 15 is 0 Å². The van der Waals surface area contributed by atoms with Crippen LogP contribution in [0, 0.1) is 6.92 Å². The first-order valence-corrected chi connectivity index (χ1v) is 8.60. The molecule has 0 saturated carbocycles. The van der Waals surface area contributed by atoms with Crippen molar-refractivity contribution in [1.82, 2.24) is 10.1 Å². The summed E-state index contributed by atoms with van der Waals surface area (Å²) in [6.45, 7) is 5.87. The number of rotatable bonds is 5. The summed E-state index contributed by atoms with van der Waals surface area (Å²) < 4.78 is 10.7. The smallest absolute Gasteiger partial charge is 0.323 e. The first-order chi connectivity index (χ1) is 11.7. The minimum absolute atomic E-state index is 0.120. The molecular formula is C19H24N2O3. The molecule has 1 aromatic heterocycles. The van der Waals surface area contributed by atoms with Gasteiger partial charge in [0.1, 0.15) is 6.04 Å². The number of piperidine rings is 1. The second-order valence-corrected chi connectivity index (χ2v) is 6.28. The Hall–Kier alpha value is -2.14. The van der Waals surface area contributed by atoms with E-state index in [0.717, 1.165) is 42.7 Å². The van der Waals surface area contributed by atoms with E-state index < -0.39 is 0 Å². The van der Waals surface area contributed by atoms with Gasteiger partial charge in [-0.3, -0.25) is 9.69 Å². The van der Waals surface area contributed by atoms with E-state index in [-0.39, 0.29) is 12.0 Å². The predicted octanol–water partition coefficient (Wildman–Crippen LogP) is 3.57. The molecule has 0 aliphatic carbocycles. The van der Waals surface area contributed by atoms with Gasteiger partial charge >= 0.3 is 5.97 Å². The maximum Gasteiger partial charge on any atom is 0.323 e. The van der Waals surface area contributed by atoms with E-state index in [1.807, 2.05) is 19.1 Å². The van der Waals surface area contributed by atoms with Gasteiger partial charge in [0, 0.05) is 17.7 Å². The van der Waals surface area contributed by atoms with Crippen LogP contribution in [0.5, 0.6) is 0 Å².